The Balaban J connectivity index is 1.34. The molecule has 3 aromatic carbocycles. The highest BCUT2D eigenvalue weighted by atomic mass is 32.2. The van der Waals surface area contributed by atoms with Gasteiger partial charge in [0.05, 0.1) is 19.8 Å². The lowest BCUT2D eigenvalue weighted by Crippen LogP contribution is -2.12. The van der Waals surface area contributed by atoms with E-state index in [-0.39, 0.29) is 10.9 Å². The lowest BCUT2D eigenvalue weighted by molar-refractivity contribution is 0.304. The molecule has 4 heteroatoms. The zero-order valence-electron chi connectivity index (χ0n) is 52.7. The van der Waals surface area contributed by atoms with Gasteiger partial charge < -0.3 is 14.2 Å². The van der Waals surface area contributed by atoms with Crippen molar-refractivity contribution in [3.63, 3.8) is 0 Å². The molecule has 0 spiro atoms. The quantitative estimate of drug-likeness (QED) is 0.0416. The molecule has 79 heavy (non-hydrogen) atoms. The summed E-state index contributed by atoms with van der Waals surface area (Å²) in [6.45, 7) is 9.38. The third-order valence-corrected chi connectivity index (χ3v) is 18.9. The first-order valence-electron chi connectivity index (χ1n) is 35.0. The van der Waals surface area contributed by atoms with Gasteiger partial charge in [-0.2, -0.15) is 0 Å². The van der Waals surface area contributed by atoms with E-state index in [1.165, 1.54) is 306 Å². The van der Waals surface area contributed by atoms with Crippen LogP contribution in [0.25, 0.3) is 0 Å². The smallest absolute Gasteiger partial charge is 0.133 e. The first kappa shape index (κ1) is 70.7. The van der Waals surface area contributed by atoms with Crippen molar-refractivity contribution in [2.24, 2.45) is 0 Å². The molecule has 0 aliphatic rings. The first-order valence-corrected chi connectivity index (χ1v) is 36.7. The van der Waals surface area contributed by atoms with E-state index in [0.717, 1.165) is 73.6 Å². The largest absolute Gasteiger partial charge is 0.494 e. The van der Waals surface area contributed by atoms with Crippen LogP contribution < -0.4 is 14.2 Å². The molecule has 0 bridgehead atoms. The lowest BCUT2D eigenvalue weighted by atomic mass is 10.0. The molecule has 0 atom stereocenters. The highest BCUT2D eigenvalue weighted by molar-refractivity contribution is 7.94. The topological polar surface area (TPSA) is 27.7 Å². The van der Waals surface area contributed by atoms with Gasteiger partial charge in [0, 0.05) is 27.6 Å². The summed E-state index contributed by atoms with van der Waals surface area (Å²) in [6.07, 6.45) is 66.9. The fraction of sp³-hybridized carbons (Fsp3) is 0.760. The fourth-order valence-electron chi connectivity index (χ4n) is 11.4. The predicted molar refractivity (Wildman–Crippen MR) is 353 cm³/mol. The second-order valence-electron chi connectivity index (χ2n) is 24.4. The molecule has 0 N–H and O–H groups in total. The van der Waals surface area contributed by atoms with E-state index < -0.39 is 0 Å². The van der Waals surface area contributed by atoms with Crippen LogP contribution in [0.4, 0.5) is 0 Å². The molecule has 0 aliphatic heterocycles. The van der Waals surface area contributed by atoms with Crippen LogP contribution in [0.3, 0.4) is 0 Å². The van der Waals surface area contributed by atoms with Gasteiger partial charge in [0.2, 0.25) is 0 Å². The Kier molecular flexibility index (Phi) is 48.9. The van der Waals surface area contributed by atoms with E-state index in [0.29, 0.717) is 0 Å². The van der Waals surface area contributed by atoms with Crippen molar-refractivity contribution in [2.75, 3.05) is 19.8 Å². The molecule has 3 aromatic rings. The highest BCUT2D eigenvalue weighted by Crippen LogP contribution is 2.26. The first-order chi connectivity index (χ1) is 39.2. The minimum absolute atomic E-state index is 0.130. The van der Waals surface area contributed by atoms with Gasteiger partial charge in [-0.25, -0.2) is 0 Å². The van der Waals surface area contributed by atoms with Crippen LogP contribution in [0, 0.1) is 0 Å². The fourth-order valence-corrected chi connectivity index (χ4v) is 13.7. The minimum Gasteiger partial charge on any atom is -0.494 e. The van der Waals surface area contributed by atoms with E-state index in [4.69, 9.17) is 14.2 Å². The van der Waals surface area contributed by atoms with Gasteiger partial charge >= 0.3 is 0 Å². The number of benzene rings is 3. The lowest BCUT2D eigenvalue weighted by Gasteiger charge is -2.12. The van der Waals surface area contributed by atoms with E-state index >= 15 is 0 Å². The van der Waals surface area contributed by atoms with E-state index in [1.807, 2.05) is 0 Å². The van der Waals surface area contributed by atoms with E-state index in [9.17, 15) is 0 Å². The molecule has 452 valence electrons. The number of unbranched alkanes of at least 4 members (excludes halogenated alkanes) is 45. The maximum Gasteiger partial charge on any atom is 0.133 e. The van der Waals surface area contributed by atoms with Crippen LogP contribution in [-0.4, -0.2) is 19.8 Å². The molecule has 0 amide bonds. The highest BCUT2D eigenvalue weighted by Gasteiger charge is 2.21. The monoisotopic (exact) mass is 1110 g/mol. The van der Waals surface area contributed by atoms with Gasteiger partial charge in [-0.05, 0) is 55.7 Å². The van der Waals surface area contributed by atoms with Crippen molar-refractivity contribution in [3.8, 4) is 17.2 Å². The molecule has 0 aliphatic carbocycles. The molecule has 0 unspecified atom stereocenters. The Labute approximate surface area is 495 Å². The molecule has 0 saturated carbocycles. The van der Waals surface area contributed by atoms with Gasteiger partial charge in [0.15, 0.2) is 0 Å². The summed E-state index contributed by atoms with van der Waals surface area (Å²) in [4.78, 5) is 0. The number of hydrogen-bond donors (Lipinski definition) is 0. The molecule has 0 fully saturated rings. The van der Waals surface area contributed by atoms with Crippen LogP contribution in [0.15, 0.2) is 72.8 Å². The maximum atomic E-state index is 6.25. The van der Waals surface area contributed by atoms with E-state index in [2.05, 4.69) is 93.6 Å². The molecular weight excluding hydrogens is 981 g/mol. The van der Waals surface area contributed by atoms with Crippen molar-refractivity contribution in [1.29, 1.82) is 0 Å². The van der Waals surface area contributed by atoms with Crippen molar-refractivity contribution in [3.05, 3.63) is 89.5 Å². The van der Waals surface area contributed by atoms with Gasteiger partial charge in [0.25, 0.3) is 0 Å². The Bertz CT molecular complexity index is 1470. The third-order valence-electron chi connectivity index (χ3n) is 16.7. The average Bonchev–Trinajstić information content (AvgIpc) is 3.47. The van der Waals surface area contributed by atoms with Crippen molar-refractivity contribution in [2.45, 2.75) is 346 Å². The summed E-state index contributed by atoms with van der Waals surface area (Å²) in [7, 11) is 0.130. The summed E-state index contributed by atoms with van der Waals surface area (Å²) < 4.78 is 18.8. The SMILES string of the molecule is CCCCCCCCCCCCCCCCCCOc1ccc(C[S+](Cc2ccc(OCCCCCCCCCCCCCCCCCC)cc2)Cc2ccc(OCCCCCCCCCCCCCCCCCC)cc2)cc1. The zero-order valence-corrected chi connectivity index (χ0v) is 53.6. The third kappa shape index (κ3) is 43.7. The Morgan fingerprint density at radius 1 is 0.203 bits per heavy atom. The van der Waals surface area contributed by atoms with Crippen LogP contribution in [0.2, 0.25) is 0 Å². The Morgan fingerprint density at radius 3 is 0.519 bits per heavy atom. The molecule has 0 saturated heterocycles. The summed E-state index contributed by atoms with van der Waals surface area (Å²) in [5.74, 6) is 6.22. The van der Waals surface area contributed by atoms with Crippen LogP contribution in [0.1, 0.15) is 346 Å². The number of rotatable bonds is 60. The molecule has 3 rings (SSSR count). The maximum absolute atomic E-state index is 6.25. The normalized spacial score (nSPS) is 11.5. The average molecular weight is 1110 g/mol. The van der Waals surface area contributed by atoms with Gasteiger partial charge in [-0.1, -0.05) is 346 Å². The van der Waals surface area contributed by atoms with Crippen molar-refractivity contribution >= 4 is 10.9 Å². The second kappa shape index (κ2) is 54.6. The number of ether oxygens (including phenoxy) is 3. The summed E-state index contributed by atoms with van der Waals surface area (Å²) >= 11 is 0. The van der Waals surface area contributed by atoms with Crippen LogP contribution in [0.5, 0.6) is 17.2 Å². The van der Waals surface area contributed by atoms with Gasteiger partial charge in [-0.15, -0.1) is 0 Å². The standard InChI is InChI=1S/C75H129O3S/c1-4-7-10-13-16-19-22-25-28-31-34-37-40-43-46-49-64-76-73-58-52-70(53-59-73)67-79(68-71-54-60-74(61-55-71)77-65-50-47-44-41-38-35-32-29-26-23-20-17-14-11-8-5-2)69-72-56-62-75(63-57-72)78-66-51-48-45-42-39-36-33-30-27-24-21-18-15-12-9-6-3/h52-63H,4-51,64-69H2,1-3H3/q+1. The van der Waals surface area contributed by atoms with Crippen LogP contribution >= 0.6 is 0 Å². The van der Waals surface area contributed by atoms with E-state index in [1.54, 1.807) is 0 Å². The van der Waals surface area contributed by atoms with Gasteiger partial charge in [0.1, 0.15) is 34.5 Å². The minimum atomic E-state index is 0.130. The van der Waals surface area contributed by atoms with Crippen molar-refractivity contribution in [1.82, 2.24) is 0 Å². The Hall–Kier alpha value is -2.59. The molecule has 0 radical (unpaired) electrons. The predicted octanol–water partition coefficient (Wildman–Crippen LogP) is 25.1. The van der Waals surface area contributed by atoms with Crippen LogP contribution in [-0.2, 0) is 28.2 Å². The molecule has 0 heterocycles. The molecular formula is C75H129O3S+. The van der Waals surface area contributed by atoms with Crippen molar-refractivity contribution < 1.29 is 14.2 Å². The summed E-state index contributed by atoms with van der Waals surface area (Å²) in [6, 6.07) is 27.1. The summed E-state index contributed by atoms with van der Waals surface area (Å²) in [5.41, 5.74) is 4.20. The zero-order chi connectivity index (χ0) is 55.8. The number of hydrogen-bond acceptors (Lipinski definition) is 3. The van der Waals surface area contributed by atoms with Gasteiger partial charge in [-0.3, -0.25) is 0 Å². The molecule has 3 nitrogen and oxygen atoms in total. The summed E-state index contributed by atoms with van der Waals surface area (Å²) in [5, 5.41) is 0. The second-order valence-corrected chi connectivity index (χ2v) is 26.5. The molecule has 0 aromatic heterocycles. The Morgan fingerprint density at radius 2 is 0.354 bits per heavy atom.